The molecule has 0 bridgehead atoms. The van der Waals surface area contributed by atoms with Crippen molar-refractivity contribution in [2.75, 3.05) is 0 Å². The largest absolute Gasteiger partial charge is 2.00 e. The van der Waals surface area contributed by atoms with Crippen molar-refractivity contribution in [1.82, 2.24) is 0 Å². The van der Waals surface area contributed by atoms with Crippen molar-refractivity contribution >= 4 is 14.0 Å². The molecule has 0 saturated carbocycles. The van der Waals surface area contributed by atoms with Gasteiger partial charge in [-0.05, 0) is 0 Å². The molecule has 0 aliphatic rings. The summed E-state index contributed by atoms with van der Waals surface area (Å²) >= 11 is 0. The normalized spacial score (nSPS) is 7.58. The van der Waals surface area contributed by atoms with Gasteiger partial charge in [-0.3, -0.25) is 0 Å². The molecule has 0 heterocycles. The zero-order valence-electron chi connectivity index (χ0n) is 8.59. The summed E-state index contributed by atoms with van der Waals surface area (Å²) < 4.78 is 0. The van der Waals surface area contributed by atoms with Gasteiger partial charge in [0.05, 0.1) is 8.80 Å². The van der Waals surface area contributed by atoms with Crippen LogP contribution in [-0.4, -0.2) is 8.80 Å². The minimum Gasteiger partial charge on any atom is -0.358 e. The van der Waals surface area contributed by atoms with Gasteiger partial charge in [-0.15, -0.1) is 0 Å². The molecule has 1 aromatic rings. The molecule has 0 aromatic heterocycles. The monoisotopic (exact) mass is 229 g/mol. The van der Waals surface area contributed by atoms with Gasteiger partial charge in [-0.1, -0.05) is 48.6 Å². The van der Waals surface area contributed by atoms with Crippen molar-refractivity contribution in [3.63, 3.8) is 0 Å². The Balaban J connectivity index is -0.000000270. The zero-order chi connectivity index (χ0) is 6.69. The minimum absolute atomic E-state index is 0. The Labute approximate surface area is 91.8 Å². The summed E-state index contributed by atoms with van der Waals surface area (Å²) in [5, 5.41) is 1.52. The van der Waals surface area contributed by atoms with Crippen molar-refractivity contribution in [3.05, 3.63) is 45.2 Å². The van der Waals surface area contributed by atoms with Crippen LogP contribution in [-0.2, 0) is 19.5 Å². The molecule has 0 spiro atoms. The van der Waals surface area contributed by atoms with Gasteiger partial charge in [0, 0.05) is 0 Å². The van der Waals surface area contributed by atoms with Gasteiger partial charge < -0.3 is 14.9 Å². The zero-order valence-corrected chi connectivity index (χ0v) is 12.6. The molecule has 12 heavy (non-hydrogen) atoms. The van der Waals surface area contributed by atoms with E-state index in [4.69, 9.17) is 0 Å². The molecule has 63 valence electrons. The van der Waals surface area contributed by atoms with Crippen LogP contribution >= 0.6 is 0 Å². The van der Waals surface area contributed by atoms with Gasteiger partial charge in [-0.2, -0.15) is 0 Å². The van der Waals surface area contributed by atoms with Crippen LogP contribution in [0.1, 0.15) is 0 Å². The molecule has 1 rings (SSSR count). The predicted molar refractivity (Wildman–Crippen MR) is 56.4 cm³/mol. The summed E-state index contributed by atoms with van der Waals surface area (Å²) in [6, 6.07) is 10.7. The van der Waals surface area contributed by atoms with Gasteiger partial charge in [0.1, 0.15) is 0 Å². The van der Waals surface area contributed by atoms with Crippen LogP contribution in [0, 0.1) is 14.9 Å². The summed E-state index contributed by atoms with van der Waals surface area (Å²) in [6.45, 7) is 4.61. The second kappa shape index (κ2) is 9.15. The van der Waals surface area contributed by atoms with E-state index in [1.807, 2.05) is 0 Å². The second-order valence-corrected chi connectivity index (χ2v) is 4.94. The van der Waals surface area contributed by atoms with E-state index in [1.54, 1.807) is 0 Å². The molecule has 0 N–H and O–H groups in total. The van der Waals surface area contributed by atoms with Gasteiger partial charge in [0.2, 0.25) is 0 Å². The van der Waals surface area contributed by atoms with Crippen molar-refractivity contribution < 1.29 is 19.5 Å². The van der Waals surface area contributed by atoms with E-state index < -0.39 is 0 Å². The van der Waals surface area contributed by atoms with Crippen molar-refractivity contribution in [2.24, 2.45) is 0 Å². The van der Waals surface area contributed by atoms with Crippen LogP contribution < -0.4 is 5.19 Å². The standard InChI is InChI=1S/C8H11Si.2CH3.Zn/c1-9(2)8-6-4-3-5-7-8;;;/h3-7H,1-2H3;2*1H3;/q;2*-1;+2. The van der Waals surface area contributed by atoms with Crippen LogP contribution in [0.25, 0.3) is 0 Å². The van der Waals surface area contributed by atoms with E-state index in [2.05, 4.69) is 43.4 Å². The Kier molecular flexibility index (Phi) is 13.7. The molecule has 0 nitrogen and oxygen atoms in total. The summed E-state index contributed by atoms with van der Waals surface area (Å²) in [6.07, 6.45) is 0. The Morgan fingerprint density at radius 3 is 1.58 bits per heavy atom. The Bertz CT molecular complexity index is 172. The second-order valence-electron chi connectivity index (χ2n) is 2.37. The van der Waals surface area contributed by atoms with Crippen LogP contribution in [0.4, 0.5) is 0 Å². The van der Waals surface area contributed by atoms with Crippen LogP contribution in [0.3, 0.4) is 0 Å². The summed E-state index contributed by atoms with van der Waals surface area (Å²) in [5.74, 6) is 0. The predicted octanol–water partition coefficient (Wildman–Crippen LogP) is 2.55. The van der Waals surface area contributed by atoms with Gasteiger partial charge in [-0.25, -0.2) is 0 Å². The SMILES string of the molecule is C[Si](C)c1ccccc1.[CH3-].[CH3-].[Zn+2]. The summed E-state index contributed by atoms with van der Waals surface area (Å²) in [4.78, 5) is 0. The molecule has 0 aliphatic carbocycles. The maximum atomic E-state index is 2.31. The third-order valence-corrected chi connectivity index (χ3v) is 2.84. The summed E-state index contributed by atoms with van der Waals surface area (Å²) in [7, 11) is -0.212. The van der Waals surface area contributed by atoms with Gasteiger partial charge in [0.25, 0.3) is 0 Å². The minimum atomic E-state index is -0.212. The Morgan fingerprint density at radius 1 is 0.917 bits per heavy atom. The third kappa shape index (κ3) is 5.68. The van der Waals surface area contributed by atoms with Crippen molar-refractivity contribution in [2.45, 2.75) is 13.1 Å². The molecule has 1 radical (unpaired) electrons. The van der Waals surface area contributed by atoms with Crippen molar-refractivity contribution in [1.29, 1.82) is 0 Å². The molecule has 0 fully saturated rings. The molecule has 0 atom stereocenters. The molecule has 2 heteroatoms. The fourth-order valence-electron chi connectivity index (χ4n) is 0.771. The number of rotatable bonds is 1. The first kappa shape index (κ1) is 18.0. The third-order valence-electron chi connectivity index (χ3n) is 1.35. The van der Waals surface area contributed by atoms with E-state index in [1.165, 1.54) is 5.19 Å². The van der Waals surface area contributed by atoms with E-state index in [-0.39, 0.29) is 43.1 Å². The molecule has 0 aliphatic heterocycles. The topological polar surface area (TPSA) is 0 Å². The van der Waals surface area contributed by atoms with Crippen molar-refractivity contribution in [3.8, 4) is 0 Å². The Hall–Kier alpha value is 0.0603. The van der Waals surface area contributed by atoms with E-state index >= 15 is 0 Å². The smallest absolute Gasteiger partial charge is 0.358 e. The van der Waals surface area contributed by atoms with Gasteiger partial charge in [0.15, 0.2) is 0 Å². The molecular formula is C10H17SiZn. The fourth-order valence-corrected chi connectivity index (χ4v) is 1.63. The molecular weight excluding hydrogens is 214 g/mol. The van der Waals surface area contributed by atoms with Crippen LogP contribution in [0.15, 0.2) is 30.3 Å². The van der Waals surface area contributed by atoms with E-state index in [9.17, 15) is 0 Å². The fraction of sp³-hybridized carbons (Fsp3) is 0.200. The average Bonchev–Trinajstić information content (AvgIpc) is 1.90. The van der Waals surface area contributed by atoms with E-state index in [0.29, 0.717) is 0 Å². The molecule has 0 amide bonds. The molecule has 0 unspecified atom stereocenters. The van der Waals surface area contributed by atoms with Gasteiger partial charge >= 0.3 is 19.5 Å². The first-order chi connectivity index (χ1) is 4.30. The molecule has 1 aromatic carbocycles. The number of benzene rings is 1. The maximum absolute atomic E-state index is 2.31. The quantitative estimate of drug-likeness (QED) is 0.514. The average molecular weight is 231 g/mol. The number of hydrogen-bond donors (Lipinski definition) is 0. The molecule has 0 saturated heterocycles. The first-order valence-corrected chi connectivity index (χ1v) is 5.66. The first-order valence-electron chi connectivity index (χ1n) is 3.16. The van der Waals surface area contributed by atoms with E-state index in [0.717, 1.165) is 0 Å². The summed E-state index contributed by atoms with van der Waals surface area (Å²) in [5.41, 5.74) is 0. The van der Waals surface area contributed by atoms with Crippen LogP contribution in [0.5, 0.6) is 0 Å². The number of hydrogen-bond acceptors (Lipinski definition) is 0. The Morgan fingerprint density at radius 2 is 1.33 bits per heavy atom. The maximum Gasteiger partial charge on any atom is 2.00 e. The van der Waals surface area contributed by atoms with Crippen LogP contribution in [0.2, 0.25) is 13.1 Å².